The quantitative estimate of drug-likeness (QED) is 0.670. The second-order valence-corrected chi connectivity index (χ2v) is 8.93. The number of aromatic nitrogens is 1. The highest BCUT2D eigenvalue weighted by Gasteiger charge is 2.53. The molecule has 148 valence electrons. The minimum absolute atomic E-state index is 0.0480. The highest BCUT2D eigenvalue weighted by atomic mass is 16.5. The molecule has 29 heavy (non-hydrogen) atoms. The molecule has 6 rings (SSSR count). The van der Waals surface area contributed by atoms with Crippen LogP contribution in [0.25, 0.3) is 10.9 Å². The Morgan fingerprint density at radius 3 is 2.83 bits per heavy atom. The van der Waals surface area contributed by atoms with E-state index in [1.165, 1.54) is 29.4 Å². The van der Waals surface area contributed by atoms with Crippen molar-refractivity contribution in [2.45, 2.75) is 43.3 Å². The van der Waals surface area contributed by atoms with Gasteiger partial charge in [-0.15, -0.1) is 0 Å². The summed E-state index contributed by atoms with van der Waals surface area (Å²) in [5.74, 6) is 1.42. The van der Waals surface area contributed by atoms with E-state index < -0.39 is 5.54 Å². The summed E-state index contributed by atoms with van der Waals surface area (Å²) in [6.45, 7) is 1.55. The van der Waals surface area contributed by atoms with Gasteiger partial charge in [0.05, 0.1) is 12.1 Å². The maximum atomic E-state index is 11.5. The number of nitrogens with two attached hydrogens (primary N) is 2. The summed E-state index contributed by atoms with van der Waals surface area (Å²) in [5.41, 5.74) is 18.5. The Bertz CT molecular complexity index is 1150. The molecule has 1 aromatic heterocycles. The lowest BCUT2D eigenvalue weighted by molar-refractivity contribution is 0.112. The first-order chi connectivity index (χ1) is 14.1. The van der Waals surface area contributed by atoms with Crippen LogP contribution in [0.15, 0.2) is 42.5 Å². The lowest BCUT2D eigenvalue weighted by atomic mass is 9.77. The van der Waals surface area contributed by atoms with Crippen molar-refractivity contribution in [3.8, 4) is 5.75 Å². The van der Waals surface area contributed by atoms with Crippen molar-refractivity contribution in [1.82, 2.24) is 4.57 Å². The van der Waals surface area contributed by atoms with E-state index in [-0.39, 0.29) is 12.0 Å². The molecule has 2 aromatic carbocycles. The second-order valence-electron chi connectivity index (χ2n) is 8.93. The van der Waals surface area contributed by atoms with Gasteiger partial charge in [0.25, 0.3) is 0 Å². The normalized spacial score (nSPS) is 27.7. The third-order valence-corrected chi connectivity index (χ3v) is 7.10. The minimum Gasteiger partial charge on any atom is -0.493 e. The Hall–Kier alpha value is -2.63. The molecule has 5 heteroatoms. The van der Waals surface area contributed by atoms with Gasteiger partial charge in [0, 0.05) is 47.3 Å². The summed E-state index contributed by atoms with van der Waals surface area (Å²) >= 11 is 0. The Morgan fingerprint density at radius 2 is 2.03 bits per heavy atom. The lowest BCUT2D eigenvalue weighted by Gasteiger charge is -2.38. The van der Waals surface area contributed by atoms with Crippen molar-refractivity contribution in [2.24, 2.45) is 17.4 Å². The van der Waals surface area contributed by atoms with Crippen molar-refractivity contribution in [1.29, 1.82) is 0 Å². The van der Waals surface area contributed by atoms with E-state index in [2.05, 4.69) is 34.9 Å². The smallest absolute Gasteiger partial charge is 0.150 e. The van der Waals surface area contributed by atoms with E-state index in [1.807, 2.05) is 6.07 Å². The molecule has 3 aromatic rings. The number of benzene rings is 2. The SMILES string of the molecule is NC1c2cc(C=O)cc3c2C(N)(CCO3)C1c1cc2ccccc2n1CC1CC1. The van der Waals surface area contributed by atoms with Crippen LogP contribution in [-0.4, -0.2) is 17.5 Å². The number of carbonyl (C=O) groups excluding carboxylic acids is 1. The number of carbonyl (C=O) groups is 1. The molecule has 4 N–H and O–H groups in total. The van der Waals surface area contributed by atoms with E-state index in [0.717, 1.165) is 42.0 Å². The zero-order chi connectivity index (χ0) is 19.8. The molecule has 3 aliphatic rings. The minimum atomic E-state index is -0.584. The van der Waals surface area contributed by atoms with Crippen molar-refractivity contribution in [3.05, 3.63) is 64.8 Å². The van der Waals surface area contributed by atoms with Gasteiger partial charge in [-0.25, -0.2) is 0 Å². The van der Waals surface area contributed by atoms with Gasteiger partial charge in [0.15, 0.2) is 0 Å². The van der Waals surface area contributed by atoms with E-state index >= 15 is 0 Å². The summed E-state index contributed by atoms with van der Waals surface area (Å²) in [6, 6.07) is 14.3. The molecule has 2 aliphatic carbocycles. The van der Waals surface area contributed by atoms with Gasteiger partial charge in [-0.05, 0) is 54.0 Å². The van der Waals surface area contributed by atoms with Crippen molar-refractivity contribution >= 4 is 17.2 Å². The van der Waals surface area contributed by atoms with Crippen LogP contribution in [0, 0.1) is 5.92 Å². The van der Waals surface area contributed by atoms with E-state index in [9.17, 15) is 4.79 Å². The Morgan fingerprint density at radius 1 is 1.21 bits per heavy atom. The largest absolute Gasteiger partial charge is 0.493 e. The van der Waals surface area contributed by atoms with E-state index in [4.69, 9.17) is 16.2 Å². The van der Waals surface area contributed by atoms with Crippen molar-refractivity contribution in [2.75, 3.05) is 6.61 Å². The van der Waals surface area contributed by atoms with Crippen LogP contribution in [0.2, 0.25) is 0 Å². The molecule has 0 bridgehead atoms. The van der Waals surface area contributed by atoms with Gasteiger partial charge in [-0.3, -0.25) is 4.79 Å². The molecule has 3 atom stereocenters. The Balaban J connectivity index is 1.58. The molecule has 1 saturated carbocycles. The number of nitrogens with zero attached hydrogens (tertiary/aromatic N) is 1. The Kier molecular flexibility index (Phi) is 3.53. The van der Waals surface area contributed by atoms with Crippen LogP contribution in [-0.2, 0) is 12.1 Å². The fourth-order valence-electron chi connectivity index (χ4n) is 5.57. The molecule has 1 fully saturated rings. The standard InChI is InChI=1S/C24H25N3O2/c25-23-17-9-15(13-28)10-20-21(17)24(26,7-8-29-20)22(23)19-11-16-3-1-2-4-18(16)27(19)12-14-5-6-14/h1-4,9-11,13-14,22-23H,5-8,12,25-26H2. The highest BCUT2D eigenvalue weighted by molar-refractivity contribution is 5.82. The van der Waals surface area contributed by atoms with Gasteiger partial charge in [-0.2, -0.15) is 0 Å². The topological polar surface area (TPSA) is 83.3 Å². The number of rotatable bonds is 4. The summed E-state index contributed by atoms with van der Waals surface area (Å²) in [5, 5.41) is 1.23. The number of ether oxygens (including phenoxy) is 1. The third-order valence-electron chi connectivity index (χ3n) is 7.10. The summed E-state index contributed by atoms with van der Waals surface area (Å²) in [4.78, 5) is 11.5. The van der Waals surface area contributed by atoms with Crippen LogP contribution in [0.4, 0.5) is 0 Å². The molecule has 0 amide bonds. The van der Waals surface area contributed by atoms with E-state index in [0.29, 0.717) is 12.2 Å². The van der Waals surface area contributed by atoms with Gasteiger partial charge in [0.1, 0.15) is 12.0 Å². The molecular weight excluding hydrogens is 362 g/mol. The average Bonchev–Trinajstić information content (AvgIpc) is 3.44. The first-order valence-electron chi connectivity index (χ1n) is 10.5. The van der Waals surface area contributed by atoms with Crippen LogP contribution in [0.5, 0.6) is 5.75 Å². The van der Waals surface area contributed by atoms with Gasteiger partial charge in [0.2, 0.25) is 0 Å². The average molecular weight is 387 g/mol. The maximum absolute atomic E-state index is 11.5. The molecule has 5 nitrogen and oxygen atoms in total. The van der Waals surface area contributed by atoms with Crippen molar-refractivity contribution in [3.63, 3.8) is 0 Å². The first kappa shape index (κ1) is 17.2. The monoisotopic (exact) mass is 387 g/mol. The molecule has 2 heterocycles. The van der Waals surface area contributed by atoms with Crippen molar-refractivity contribution < 1.29 is 9.53 Å². The fraction of sp³-hybridized carbons (Fsp3) is 0.375. The molecule has 0 spiro atoms. The zero-order valence-electron chi connectivity index (χ0n) is 16.3. The van der Waals surface area contributed by atoms with Gasteiger partial charge >= 0.3 is 0 Å². The van der Waals surface area contributed by atoms with E-state index in [1.54, 1.807) is 6.07 Å². The number of aldehydes is 1. The summed E-state index contributed by atoms with van der Waals surface area (Å²) in [7, 11) is 0. The van der Waals surface area contributed by atoms with Crippen LogP contribution < -0.4 is 16.2 Å². The molecule has 0 saturated heterocycles. The summed E-state index contributed by atoms with van der Waals surface area (Å²) in [6.07, 6.45) is 4.16. The molecule has 3 unspecified atom stereocenters. The van der Waals surface area contributed by atoms with Crippen LogP contribution >= 0.6 is 0 Å². The number of hydrogen-bond acceptors (Lipinski definition) is 4. The molecule has 0 radical (unpaired) electrons. The maximum Gasteiger partial charge on any atom is 0.150 e. The van der Waals surface area contributed by atoms with Crippen LogP contribution in [0.1, 0.15) is 58.4 Å². The van der Waals surface area contributed by atoms with Gasteiger partial charge in [-0.1, -0.05) is 18.2 Å². The third kappa shape index (κ3) is 2.38. The zero-order valence-corrected chi connectivity index (χ0v) is 16.3. The first-order valence-corrected chi connectivity index (χ1v) is 10.5. The predicted octanol–water partition coefficient (Wildman–Crippen LogP) is 3.60. The Labute approximate surface area is 169 Å². The number of para-hydroxylation sites is 1. The fourth-order valence-corrected chi connectivity index (χ4v) is 5.57. The van der Waals surface area contributed by atoms with Gasteiger partial charge < -0.3 is 20.8 Å². The lowest BCUT2D eigenvalue weighted by Crippen LogP contribution is -2.45. The second kappa shape index (κ2) is 5.94. The predicted molar refractivity (Wildman–Crippen MR) is 112 cm³/mol. The number of hydrogen-bond donors (Lipinski definition) is 2. The highest BCUT2D eigenvalue weighted by Crippen LogP contribution is 2.58. The molecule has 1 aliphatic heterocycles. The molecular formula is C24H25N3O2. The van der Waals surface area contributed by atoms with Crippen LogP contribution in [0.3, 0.4) is 0 Å². The summed E-state index contributed by atoms with van der Waals surface area (Å²) < 4.78 is 8.37. The number of fused-ring (bicyclic) bond motifs is 1.